The fourth-order valence-electron chi connectivity index (χ4n) is 3.08. The normalized spacial score (nSPS) is 16.7. The Morgan fingerprint density at radius 1 is 1.29 bits per heavy atom. The molecule has 2 rings (SSSR count). The van der Waals surface area contributed by atoms with Crippen LogP contribution in [0.1, 0.15) is 70.6 Å². The maximum atomic E-state index is 12.1. The molecule has 0 saturated heterocycles. The SMILES string of the molecule is CC(C)(C)c1ncncc1CNC(=O)CC1CCCCC1. The molecule has 1 fully saturated rings. The summed E-state index contributed by atoms with van der Waals surface area (Å²) in [5.74, 6) is 0.735. The summed E-state index contributed by atoms with van der Waals surface area (Å²) in [4.78, 5) is 20.6. The lowest BCUT2D eigenvalue weighted by Gasteiger charge is -2.22. The van der Waals surface area contributed by atoms with Crippen molar-refractivity contribution in [3.8, 4) is 0 Å². The zero-order valence-corrected chi connectivity index (χ0v) is 13.5. The van der Waals surface area contributed by atoms with Gasteiger partial charge in [0.15, 0.2) is 0 Å². The van der Waals surface area contributed by atoms with Gasteiger partial charge in [-0.3, -0.25) is 4.79 Å². The number of aromatic nitrogens is 2. The Labute approximate surface area is 127 Å². The number of rotatable bonds is 4. The molecule has 0 atom stereocenters. The van der Waals surface area contributed by atoms with Gasteiger partial charge in [-0.25, -0.2) is 9.97 Å². The van der Waals surface area contributed by atoms with E-state index in [2.05, 4.69) is 36.1 Å². The summed E-state index contributed by atoms with van der Waals surface area (Å²) in [6, 6.07) is 0. The molecule has 0 radical (unpaired) electrons. The van der Waals surface area contributed by atoms with Crippen molar-refractivity contribution >= 4 is 5.91 Å². The second kappa shape index (κ2) is 7.01. The molecule has 4 nitrogen and oxygen atoms in total. The summed E-state index contributed by atoms with van der Waals surface area (Å²) in [5, 5.41) is 3.04. The first-order chi connectivity index (χ1) is 9.97. The summed E-state index contributed by atoms with van der Waals surface area (Å²) in [7, 11) is 0. The van der Waals surface area contributed by atoms with E-state index in [4.69, 9.17) is 0 Å². The maximum absolute atomic E-state index is 12.1. The van der Waals surface area contributed by atoms with Gasteiger partial charge in [-0.15, -0.1) is 0 Å². The van der Waals surface area contributed by atoms with Gasteiger partial charge in [-0.2, -0.15) is 0 Å². The van der Waals surface area contributed by atoms with Crippen LogP contribution in [0.4, 0.5) is 0 Å². The van der Waals surface area contributed by atoms with Crippen molar-refractivity contribution in [1.29, 1.82) is 0 Å². The predicted octanol–water partition coefficient (Wildman–Crippen LogP) is 3.36. The average Bonchev–Trinajstić information content (AvgIpc) is 2.45. The molecule has 0 aliphatic heterocycles. The first kappa shape index (κ1) is 15.9. The third kappa shape index (κ3) is 4.80. The molecule has 1 amide bonds. The first-order valence-corrected chi connectivity index (χ1v) is 8.03. The summed E-state index contributed by atoms with van der Waals surface area (Å²) >= 11 is 0. The van der Waals surface area contributed by atoms with Crippen LogP contribution in [-0.4, -0.2) is 15.9 Å². The van der Waals surface area contributed by atoms with Crippen molar-refractivity contribution < 1.29 is 4.79 Å². The van der Waals surface area contributed by atoms with E-state index in [9.17, 15) is 4.79 Å². The van der Waals surface area contributed by atoms with Gasteiger partial charge in [0.1, 0.15) is 6.33 Å². The Kier molecular flexibility index (Phi) is 5.32. The molecule has 1 aromatic heterocycles. The van der Waals surface area contributed by atoms with Gasteiger partial charge in [0, 0.05) is 30.1 Å². The maximum Gasteiger partial charge on any atom is 0.220 e. The van der Waals surface area contributed by atoms with E-state index in [0.717, 1.165) is 11.3 Å². The Morgan fingerprint density at radius 3 is 2.67 bits per heavy atom. The zero-order chi connectivity index (χ0) is 15.3. The molecular formula is C17H27N3O. The highest BCUT2D eigenvalue weighted by molar-refractivity contribution is 5.76. The molecule has 0 bridgehead atoms. The van der Waals surface area contributed by atoms with Gasteiger partial charge >= 0.3 is 0 Å². The molecule has 0 unspecified atom stereocenters. The molecule has 0 spiro atoms. The quantitative estimate of drug-likeness (QED) is 0.924. The topological polar surface area (TPSA) is 54.9 Å². The molecule has 0 aromatic carbocycles. The van der Waals surface area contributed by atoms with Crippen molar-refractivity contribution in [3.63, 3.8) is 0 Å². The monoisotopic (exact) mass is 289 g/mol. The van der Waals surface area contributed by atoms with Crippen LogP contribution in [0.5, 0.6) is 0 Å². The third-order valence-electron chi connectivity index (χ3n) is 4.17. The van der Waals surface area contributed by atoms with Gasteiger partial charge < -0.3 is 5.32 Å². The van der Waals surface area contributed by atoms with Crippen LogP contribution in [0.25, 0.3) is 0 Å². The number of carbonyl (C=O) groups is 1. The van der Waals surface area contributed by atoms with E-state index in [1.54, 1.807) is 6.33 Å². The molecule has 1 saturated carbocycles. The third-order valence-corrected chi connectivity index (χ3v) is 4.17. The molecule has 21 heavy (non-hydrogen) atoms. The number of hydrogen-bond acceptors (Lipinski definition) is 3. The van der Waals surface area contributed by atoms with E-state index in [0.29, 0.717) is 18.9 Å². The lowest BCUT2D eigenvalue weighted by atomic mass is 9.86. The van der Waals surface area contributed by atoms with Gasteiger partial charge in [-0.05, 0) is 18.8 Å². The molecule has 116 valence electrons. The Hall–Kier alpha value is -1.45. The number of nitrogens with one attached hydrogen (secondary N) is 1. The molecule has 1 aliphatic carbocycles. The molecule has 1 N–H and O–H groups in total. The summed E-state index contributed by atoms with van der Waals surface area (Å²) < 4.78 is 0. The number of amides is 1. The van der Waals surface area contributed by atoms with Crippen molar-refractivity contribution in [2.45, 2.75) is 71.3 Å². The second-order valence-electron chi connectivity index (χ2n) is 7.13. The van der Waals surface area contributed by atoms with Crippen LogP contribution in [0.15, 0.2) is 12.5 Å². The van der Waals surface area contributed by atoms with Crippen LogP contribution in [0.3, 0.4) is 0 Å². The molecule has 1 aliphatic rings. The highest BCUT2D eigenvalue weighted by Crippen LogP contribution is 2.26. The van der Waals surface area contributed by atoms with Crippen molar-refractivity contribution in [2.75, 3.05) is 0 Å². The number of nitrogens with zero attached hydrogens (tertiary/aromatic N) is 2. The van der Waals surface area contributed by atoms with Crippen LogP contribution >= 0.6 is 0 Å². The molecule has 4 heteroatoms. The fraction of sp³-hybridized carbons (Fsp3) is 0.706. The Morgan fingerprint density at radius 2 is 2.00 bits per heavy atom. The lowest BCUT2D eigenvalue weighted by Crippen LogP contribution is -2.28. The summed E-state index contributed by atoms with van der Waals surface area (Å²) in [6.07, 6.45) is 10.3. The van der Waals surface area contributed by atoms with Gasteiger partial charge in [0.05, 0.1) is 5.69 Å². The molecular weight excluding hydrogens is 262 g/mol. The fourth-order valence-corrected chi connectivity index (χ4v) is 3.08. The van der Waals surface area contributed by atoms with E-state index >= 15 is 0 Å². The molecule has 1 heterocycles. The van der Waals surface area contributed by atoms with E-state index in [1.165, 1.54) is 32.1 Å². The largest absolute Gasteiger partial charge is 0.352 e. The van der Waals surface area contributed by atoms with Crippen molar-refractivity contribution in [3.05, 3.63) is 23.8 Å². The zero-order valence-electron chi connectivity index (χ0n) is 13.5. The molecule has 1 aromatic rings. The number of hydrogen-bond donors (Lipinski definition) is 1. The van der Waals surface area contributed by atoms with Crippen LogP contribution < -0.4 is 5.32 Å². The van der Waals surface area contributed by atoms with Gasteiger partial charge in [0.25, 0.3) is 0 Å². The lowest BCUT2D eigenvalue weighted by molar-refractivity contribution is -0.122. The number of carbonyl (C=O) groups excluding carboxylic acids is 1. The van der Waals surface area contributed by atoms with Gasteiger partial charge in [0.2, 0.25) is 5.91 Å². The highest BCUT2D eigenvalue weighted by atomic mass is 16.1. The van der Waals surface area contributed by atoms with Crippen LogP contribution in [0.2, 0.25) is 0 Å². The summed E-state index contributed by atoms with van der Waals surface area (Å²) in [5.41, 5.74) is 1.99. The Bertz CT molecular complexity index is 473. The van der Waals surface area contributed by atoms with E-state index in [-0.39, 0.29) is 11.3 Å². The van der Waals surface area contributed by atoms with Crippen LogP contribution in [-0.2, 0) is 16.8 Å². The minimum atomic E-state index is -0.0353. The van der Waals surface area contributed by atoms with E-state index in [1.807, 2.05) is 6.20 Å². The first-order valence-electron chi connectivity index (χ1n) is 8.03. The minimum absolute atomic E-state index is 0.0353. The minimum Gasteiger partial charge on any atom is -0.352 e. The predicted molar refractivity (Wildman–Crippen MR) is 83.8 cm³/mol. The summed E-state index contributed by atoms with van der Waals surface area (Å²) in [6.45, 7) is 6.91. The average molecular weight is 289 g/mol. The Balaban J connectivity index is 1.89. The highest BCUT2D eigenvalue weighted by Gasteiger charge is 2.21. The van der Waals surface area contributed by atoms with Crippen molar-refractivity contribution in [2.24, 2.45) is 5.92 Å². The standard InChI is InChI=1S/C17H27N3O/c1-17(2,3)16-14(10-18-12-20-16)11-19-15(21)9-13-7-5-4-6-8-13/h10,12-13H,4-9,11H2,1-3H3,(H,19,21). The smallest absolute Gasteiger partial charge is 0.220 e. The van der Waals surface area contributed by atoms with Crippen molar-refractivity contribution in [1.82, 2.24) is 15.3 Å². The second-order valence-corrected chi connectivity index (χ2v) is 7.13. The van der Waals surface area contributed by atoms with E-state index < -0.39 is 0 Å². The van der Waals surface area contributed by atoms with Gasteiger partial charge in [-0.1, -0.05) is 40.0 Å². The van der Waals surface area contributed by atoms with Crippen LogP contribution in [0, 0.1) is 5.92 Å².